The Morgan fingerprint density at radius 2 is 0.477 bits per heavy atom. The summed E-state index contributed by atoms with van der Waals surface area (Å²) in [5.41, 5.74) is 0. The van der Waals surface area contributed by atoms with Gasteiger partial charge in [-0.05, 0) is 102 Å². The minimum atomic E-state index is -0.0265. The van der Waals surface area contributed by atoms with E-state index in [9.17, 15) is 19.2 Å². The minimum Gasteiger partial charge on any atom is -0.465 e. The predicted octanol–water partition coefficient (Wildman–Crippen LogP) is 24.7. The van der Waals surface area contributed by atoms with E-state index in [-0.39, 0.29) is 11.9 Å². The van der Waals surface area contributed by atoms with Gasteiger partial charge in [-0.3, -0.25) is 19.2 Å². The summed E-state index contributed by atoms with van der Waals surface area (Å²) in [6.07, 6.45) is 65.8. The average molecular weight is 1350 g/mol. The number of hydrogen-bond donors (Lipinski definition) is 0. The summed E-state index contributed by atoms with van der Waals surface area (Å²) in [5.74, 6) is 1.67. The number of carbonyl (C=O) groups excluding carboxylic acids is 4. The molecule has 0 aliphatic rings. The zero-order valence-electron chi connectivity index (χ0n) is 58.5. The van der Waals surface area contributed by atoms with Gasteiger partial charge in [-0.2, -0.15) is 0 Å². The first-order valence-corrected chi connectivity index (χ1v) is 40.4. The smallest absolute Gasteiger partial charge is 0.305 e. The fourth-order valence-corrected chi connectivity index (χ4v) is 12.6. The van der Waals surface area contributed by atoms with Gasteiger partial charge in [-0.25, -0.2) is 0 Å². The first kappa shape index (κ1) is 86.9. The van der Waals surface area contributed by atoms with Gasteiger partial charge < -0.3 is 19.3 Å². The number of unbranched alkanes of at least 4 members (excludes halogenated alkanes) is 38. The lowest BCUT2D eigenvalue weighted by Gasteiger charge is -2.23. The lowest BCUT2D eigenvalue weighted by atomic mass is 9.95. The second-order valence-corrected chi connectivity index (χ2v) is 27.8. The molecule has 0 saturated heterocycles. The zero-order chi connectivity index (χ0) is 63.3. The largest absolute Gasteiger partial charge is 0.465 e. The van der Waals surface area contributed by atoms with E-state index < -0.39 is 0 Å². The molecule has 0 radical (unpaired) electrons. The van der Waals surface area contributed by atoms with E-state index in [1.165, 1.54) is 257 Å². The van der Waals surface area contributed by atoms with Crippen molar-refractivity contribution in [3.63, 3.8) is 0 Å². The van der Waals surface area contributed by atoms with Crippen molar-refractivity contribution in [3.05, 3.63) is 0 Å². The topological polar surface area (TPSA) is 93.2 Å². The van der Waals surface area contributed by atoms with Crippen LogP contribution < -0.4 is 0 Å². The summed E-state index contributed by atoms with van der Waals surface area (Å²) in [6, 6.07) is 0. The van der Waals surface area contributed by atoms with Gasteiger partial charge in [-0.1, -0.05) is 317 Å². The number of amides is 2. The van der Waals surface area contributed by atoms with Crippen LogP contribution in [-0.4, -0.2) is 83.6 Å². The molecule has 0 aliphatic carbocycles. The van der Waals surface area contributed by atoms with Crippen molar-refractivity contribution in [1.82, 2.24) is 9.80 Å². The molecule has 0 aromatic rings. The summed E-state index contributed by atoms with van der Waals surface area (Å²) in [4.78, 5) is 55.4. The molecule has 2 atom stereocenters. The van der Waals surface area contributed by atoms with E-state index >= 15 is 0 Å². The highest BCUT2D eigenvalue weighted by Crippen LogP contribution is 2.23. The van der Waals surface area contributed by atoms with Crippen LogP contribution in [0, 0.1) is 11.8 Å². The summed E-state index contributed by atoms with van der Waals surface area (Å²) < 4.78 is 11.6. The van der Waals surface area contributed by atoms with Crippen molar-refractivity contribution in [2.24, 2.45) is 11.8 Å². The first-order valence-electron chi connectivity index (χ1n) is 38.2. The Bertz CT molecular complexity index is 1300. The fourth-order valence-electron chi connectivity index (χ4n) is 11.8. The third-order valence-corrected chi connectivity index (χ3v) is 18.9. The fraction of sp³-hybridized carbons (Fsp3) is 0.947. The van der Waals surface area contributed by atoms with E-state index in [4.69, 9.17) is 9.47 Å². The second kappa shape index (κ2) is 72.9. The Kier molecular flexibility index (Phi) is 73.7. The average Bonchev–Trinajstić information content (AvgIpc) is 3.56. The van der Waals surface area contributed by atoms with Crippen LogP contribution in [0.2, 0.25) is 0 Å². The molecule has 2 unspecified atom stereocenters. The van der Waals surface area contributed by atoms with Crippen molar-refractivity contribution in [3.8, 4) is 0 Å². The van der Waals surface area contributed by atoms with Crippen molar-refractivity contribution in [1.29, 1.82) is 0 Å². The van der Waals surface area contributed by atoms with Gasteiger partial charge in [0.15, 0.2) is 0 Å². The molecule has 0 aromatic heterocycles. The highest BCUT2D eigenvalue weighted by molar-refractivity contribution is 9.09. The second-order valence-electron chi connectivity index (χ2n) is 26.2. The Morgan fingerprint density at radius 3 is 0.756 bits per heavy atom. The van der Waals surface area contributed by atoms with Crippen molar-refractivity contribution in [2.45, 2.75) is 401 Å². The zero-order valence-corrected chi connectivity index (χ0v) is 61.7. The lowest BCUT2D eigenvalue weighted by Crippen LogP contribution is -2.32. The Morgan fingerprint density at radius 1 is 0.267 bits per heavy atom. The van der Waals surface area contributed by atoms with E-state index in [0.29, 0.717) is 62.5 Å². The Balaban J connectivity index is 0. The monoisotopic (exact) mass is 1340 g/mol. The molecule has 0 aromatic carbocycles. The molecule has 0 saturated carbocycles. The van der Waals surface area contributed by atoms with Crippen LogP contribution in [0.15, 0.2) is 0 Å². The predicted molar refractivity (Wildman–Crippen MR) is 382 cm³/mol. The maximum absolute atomic E-state index is 13.0. The summed E-state index contributed by atoms with van der Waals surface area (Å²) in [5, 5.41) is 2.16. The van der Waals surface area contributed by atoms with E-state index in [1.807, 2.05) is 0 Å². The van der Waals surface area contributed by atoms with Crippen LogP contribution in [0.4, 0.5) is 0 Å². The SMILES string of the molecule is CCCCCCCCC(CCCCCC)COC(=O)CCCCCN(CCCCCCCC)C(=O)CCCCCCCBr.CCCCCCCCC(CCCCCC)COC(=O)CCCCCN(CCCCCCCC)C(=O)CCCCCCCBr. The highest BCUT2D eigenvalue weighted by Gasteiger charge is 2.17. The number of hydrogen-bond acceptors (Lipinski definition) is 6. The molecule has 10 heteroatoms. The number of esters is 2. The summed E-state index contributed by atoms with van der Waals surface area (Å²) in [7, 11) is 0. The van der Waals surface area contributed by atoms with Gasteiger partial charge in [0.2, 0.25) is 11.8 Å². The molecule has 0 fully saturated rings. The normalized spacial score (nSPS) is 12.0. The van der Waals surface area contributed by atoms with Crippen molar-refractivity contribution in [2.75, 3.05) is 50.1 Å². The van der Waals surface area contributed by atoms with E-state index in [2.05, 4.69) is 83.2 Å². The van der Waals surface area contributed by atoms with Crippen LogP contribution in [-0.2, 0) is 28.7 Å². The maximum Gasteiger partial charge on any atom is 0.305 e. The van der Waals surface area contributed by atoms with Crippen LogP contribution in [0.25, 0.3) is 0 Å². The van der Waals surface area contributed by atoms with E-state index in [0.717, 1.165) is 114 Å². The first-order chi connectivity index (χ1) is 42.2. The molecular formula is C76H148Br2N2O6. The van der Waals surface area contributed by atoms with Gasteiger partial charge in [-0.15, -0.1) is 0 Å². The number of rotatable bonds is 68. The molecule has 0 aliphatic heterocycles. The van der Waals surface area contributed by atoms with Crippen LogP contribution in [0.5, 0.6) is 0 Å². The molecule has 0 spiro atoms. The number of alkyl halides is 2. The maximum atomic E-state index is 13.0. The van der Waals surface area contributed by atoms with Gasteiger partial charge >= 0.3 is 11.9 Å². The standard InChI is InChI=1S/2C38H74BrNO3/c2*1-4-7-10-13-16-22-29-36(28-21-12-9-6-3)35-43-38(42)31-24-20-27-34-40(33-26-19-14-11-8-5-2)37(41)30-23-17-15-18-25-32-39/h2*36H,4-35H2,1-3H3. The Labute approximate surface area is 553 Å². The molecule has 0 N–H and O–H groups in total. The van der Waals surface area contributed by atoms with Gasteiger partial charge in [0, 0.05) is 62.5 Å². The van der Waals surface area contributed by atoms with Crippen molar-refractivity contribution >= 4 is 55.6 Å². The van der Waals surface area contributed by atoms with Gasteiger partial charge in [0.25, 0.3) is 0 Å². The van der Waals surface area contributed by atoms with Crippen LogP contribution in [0.3, 0.4) is 0 Å². The summed E-state index contributed by atoms with van der Waals surface area (Å²) >= 11 is 7.01. The number of halogens is 2. The number of nitrogens with zero attached hydrogens (tertiary/aromatic N) is 2. The number of carbonyl (C=O) groups is 4. The molecule has 0 rings (SSSR count). The third kappa shape index (κ3) is 64.4. The van der Waals surface area contributed by atoms with E-state index in [1.54, 1.807) is 0 Å². The molecule has 86 heavy (non-hydrogen) atoms. The lowest BCUT2D eigenvalue weighted by molar-refractivity contribution is -0.146. The molecular weight excluding hydrogens is 1200 g/mol. The summed E-state index contributed by atoms with van der Waals surface area (Å²) in [6.45, 7) is 18.2. The molecule has 0 heterocycles. The van der Waals surface area contributed by atoms with Crippen molar-refractivity contribution < 1.29 is 28.7 Å². The van der Waals surface area contributed by atoms with Crippen LogP contribution in [0.1, 0.15) is 401 Å². The third-order valence-electron chi connectivity index (χ3n) is 17.8. The molecule has 2 amide bonds. The van der Waals surface area contributed by atoms with Gasteiger partial charge in [0.1, 0.15) is 0 Å². The molecule has 512 valence electrons. The van der Waals surface area contributed by atoms with Gasteiger partial charge in [0.05, 0.1) is 13.2 Å². The highest BCUT2D eigenvalue weighted by atomic mass is 79.9. The quantitative estimate of drug-likeness (QED) is 0.0342. The van der Waals surface area contributed by atoms with Crippen LogP contribution >= 0.6 is 31.9 Å². The molecule has 0 bridgehead atoms. The number of ether oxygens (including phenoxy) is 2. The molecule has 8 nitrogen and oxygen atoms in total. The minimum absolute atomic E-state index is 0.0265. The Hall–Kier alpha value is -1.16.